The maximum Gasteiger partial charge on any atom is 0.321 e. The minimum atomic E-state index is -0.0813. The molecule has 3 rings (SSSR count). The molecule has 1 aliphatic heterocycles. The molecule has 3 amide bonds. The van der Waals surface area contributed by atoms with E-state index < -0.39 is 0 Å². The number of amides is 3. The fraction of sp³-hybridized carbons (Fsp3) is 0.565. The van der Waals surface area contributed by atoms with Crippen molar-refractivity contribution in [1.82, 2.24) is 10.2 Å². The number of allylic oxidation sites excluding steroid dienone is 1. The third kappa shape index (κ3) is 7.39. The summed E-state index contributed by atoms with van der Waals surface area (Å²) in [6.07, 6.45) is 11.7. The molecule has 1 unspecified atom stereocenters. The van der Waals surface area contributed by atoms with Gasteiger partial charge < -0.3 is 15.5 Å². The van der Waals surface area contributed by atoms with Crippen molar-refractivity contribution in [3.05, 3.63) is 40.9 Å². The van der Waals surface area contributed by atoms with E-state index in [9.17, 15) is 9.59 Å². The van der Waals surface area contributed by atoms with Crippen molar-refractivity contribution in [3.8, 4) is 0 Å². The second-order valence-corrected chi connectivity index (χ2v) is 8.57. The molecule has 6 heteroatoms. The Morgan fingerprint density at radius 3 is 2.72 bits per heavy atom. The van der Waals surface area contributed by atoms with Crippen molar-refractivity contribution in [2.75, 3.05) is 25.0 Å². The summed E-state index contributed by atoms with van der Waals surface area (Å²) in [5.74, 6) is 0.510. The lowest BCUT2D eigenvalue weighted by Gasteiger charge is -2.32. The SMILES string of the molecule is O=C(CCC1CCCN(C(=O)Nc2ccc(Cl)cc2)C1)NCCC1=CCCCC1. The molecule has 0 saturated carbocycles. The Labute approximate surface area is 178 Å². The Bertz CT molecular complexity index is 717. The molecule has 158 valence electrons. The number of anilines is 1. The van der Waals surface area contributed by atoms with Gasteiger partial charge in [0.2, 0.25) is 5.91 Å². The fourth-order valence-electron chi connectivity index (χ4n) is 4.14. The van der Waals surface area contributed by atoms with Gasteiger partial charge in [-0.05, 0) is 81.5 Å². The molecule has 1 heterocycles. The number of piperidine rings is 1. The number of urea groups is 1. The number of carbonyl (C=O) groups excluding carboxylic acids is 2. The number of carbonyl (C=O) groups is 2. The highest BCUT2D eigenvalue weighted by atomic mass is 35.5. The normalized spacial score (nSPS) is 19.4. The fourth-order valence-corrected chi connectivity index (χ4v) is 4.26. The lowest BCUT2D eigenvalue weighted by Crippen LogP contribution is -2.42. The molecule has 1 saturated heterocycles. The van der Waals surface area contributed by atoms with Gasteiger partial charge in [0, 0.05) is 36.8 Å². The van der Waals surface area contributed by atoms with Crippen molar-refractivity contribution in [3.63, 3.8) is 0 Å². The second-order valence-electron chi connectivity index (χ2n) is 8.14. The molecule has 0 bridgehead atoms. The molecule has 0 aromatic heterocycles. The number of halogens is 1. The Morgan fingerprint density at radius 2 is 1.97 bits per heavy atom. The third-order valence-corrected chi connectivity index (χ3v) is 6.09. The smallest absolute Gasteiger partial charge is 0.321 e. The van der Waals surface area contributed by atoms with Gasteiger partial charge in [-0.25, -0.2) is 4.79 Å². The van der Waals surface area contributed by atoms with Gasteiger partial charge in [-0.15, -0.1) is 0 Å². The van der Waals surface area contributed by atoms with Gasteiger partial charge in [0.1, 0.15) is 0 Å². The Balaban J connectivity index is 1.35. The van der Waals surface area contributed by atoms with E-state index in [1.54, 1.807) is 24.3 Å². The van der Waals surface area contributed by atoms with Crippen molar-refractivity contribution < 1.29 is 9.59 Å². The van der Waals surface area contributed by atoms with Gasteiger partial charge in [0.05, 0.1) is 0 Å². The molecule has 5 nitrogen and oxygen atoms in total. The average molecular weight is 418 g/mol. The summed E-state index contributed by atoms with van der Waals surface area (Å²) >= 11 is 5.89. The van der Waals surface area contributed by atoms with E-state index >= 15 is 0 Å². The number of likely N-dealkylation sites (tertiary alicyclic amines) is 1. The van der Waals surface area contributed by atoms with Crippen LogP contribution in [0.1, 0.15) is 57.8 Å². The topological polar surface area (TPSA) is 61.4 Å². The van der Waals surface area contributed by atoms with Gasteiger partial charge in [-0.1, -0.05) is 23.3 Å². The highest BCUT2D eigenvalue weighted by Crippen LogP contribution is 2.23. The van der Waals surface area contributed by atoms with Crippen LogP contribution in [0, 0.1) is 5.92 Å². The minimum Gasteiger partial charge on any atom is -0.356 e. The van der Waals surface area contributed by atoms with E-state index in [0.29, 0.717) is 23.9 Å². The summed E-state index contributed by atoms with van der Waals surface area (Å²) < 4.78 is 0. The van der Waals surface area contributed by atoms with Crippen LogP contribution >= 0.6 is 11.6 Å². The zero-order valence-electron chi connectivity index (χ0n) is 17.1. The van der Waals surface area contributed by atoms with E-state index in [4.69, 9.17) is 11.6 Å². The Kier molecular flexibility index (Phi) is 8.41. The molecular weight excluding hydrogens is 386 g/mol. The van der Waals surface area contributed by atoms with Gasteiger partial charge in [-0.3, -0.25) is 4.79 Å². The first kappa shape index (κ1) is 21.7. The molecule has 29 heavy (non-hydrogen) atoms. The van der Waals surface area contributed by atoms with Crippen LogP contribution < -0.4 is 10.6 Å². The summed E-state index contributed by atoms with van der Waals surface area (Å²) in [6, 6.07) is 7.05. The van der Waals surface area contributed by atoms with E-state index in [0.717, 1.165) is 44.5 Å². The van der Waals surface area contributed by atoms with Gasteiger partial charge in [-0.2, -0.15) is 0 Å². The zero-order chi connectivity index (χ0) is 20.5. The summed E-state index contributed by atoms with van der Waals surface area (Å²) in [4.78, 5) is 26.6. The lowest BCUT2D eigenvalue weighted by molar-refractivity contribution is -0.121. The second kappa shape index (κ2) is 11.2. The molecule has 1 atom stereocenters. The first-order valence-electron chi connectivity index (χ1n) is 10.9. The van der Waals surface area contributed by atoms with Crippen molar-refractivity contribution >= 4 is 29.2 Å². The van der Waals surface area contributed by atoms with E-state index in [1.807, 2.05) is 4.90 Å². The highest BCUT2D eigenvalue weighted by molar-refractivity contribution is 6.30. The molecule has 0 spiro atoms. The van der Waals surface area contributed by atoms with Crippen molar-refractivity contribution in [2.45, 2.75) is 57.8 Å². The molecule has 2 N–H and O–H groups in total. The van der Waals surface area contributed by atoms with E-state index in [1.165, 1.54) is 31.3 Å². The number of benzene rings is 1. The van der Waals surface area contributed by atoms with Crippen molar-refractivity contribution in [1.29, 1.82) is 0 Å². The predicted molar refractivity (Wildman–Crippen MR) is 118 cm³/mol. The first-order valence-corrected chi connectivity index (χ1v) is 11.2. The predicted octanol–water partition coefficient (Wildman–Crippen LogP) is 5.37. The maximum absolute atomic E-state index is 12.5. The summed E-state index contributed by atoms with van der Waals surface area (Å²) in [5.41, 5.74) is 2.24. The Morgan fingerprint density at radius 1 is 1.14 bits per heavy atom. The number of hydrogen-bond donors (Lipinski definition) is 2. The number of nitrogens with zero attached hydrogens (tertiary/aromatic N) is 1. The van der Waals surface area contributed by atoms with Crippen LogP contribution in [0.4, 0.5) is 10.5 Å². The monoisotopic (exact) mass is 417 g/mol. The molecule has 1 aromatic rings. The summed E-state index contributed by atoms with van der Waals surface area (Å²) in [7, 11) is 0. The first-order chi connectivity index (χ1) is 14.1. The van der Waals surface area contributed by atoms with Crippen LogP contribution in [-0.4, -0.2) is 36.5 Å². The molecule has 1 aromatic carbocycles. The quantitative estimate of drug-likeness (QED) is 0.585. The third-order valence-electron chi connectivity index (χ3n) is 5.83. The van der Waals surface area contributed by atoms with E-state index in [2.05, 4.69) is 16.7 Å². The molecule has 1 fully saturated rings. The van der Waals surface area contributed by atoms with Crippen LogP contribution in [0.2, 0.25) is 5.02 Å². The highest BCUT2D eigenvalue weighted by Gasteiger charge is 2.24. The van der Waals surface area contributed by atoms with Crippen molar-refractivity contribution in [2.24, 2.45) is 5.92 Å². The average Bonchev–Trinajstić information content (AvgIpc) is 2.75. The lowest BCUT2D eigenvalue weighted by atomic mass is 9.93. The number of hydrogen-bond acceptors (Lipinski definition) is 2. The van der Waals surface area contributed by atoms with E-state index in [-0.39, 0.29) is 11.9 Å². The molecule has 0 radical (unpaired) electrons. The molecular formula is C23H32ClN3O2. The number of rotatable bonds is 7. The Hall–Kier alpha value is -2.01. The molecule has 1 aliphatic carbocycles. The van der Waals surface area contributed by atoms with Crippen LogP contribution in [0.15, 0.2) is 35.9 Å². The summed E-state index contributed by atoms with van der Waals surface area (Å²) in [6.45, 7) is 2.21. The van der Waals surface area contributed by atoms with Gasteiger partial charge in [0.25, 0.3) is 0 Å². The van der Waals surface area contributed by atoms with Crippen LogP contribution in [0.25, 0.3) is 0 Å². The van der Waals surface area contributed by atoms with Crippen LogP contribution in [0.5, 0.6) is 0 Å². The largest absolute Gasteiger partial charge is 0.356 e. The van der Waals surface area contributed by atoms with Gasteiger partial charge in [0.15, 0.2) is 0 Å². The molecule has 2 aliphatic rings. The minimum absolute atomic E-state index is 0.0813. The maximum atomic E-state index is 12.5. The van der Waals surface area contributed by atoms with Crippen LogP contribution in [-0.2, 0) is 4.79 Å². The summed E-state index contributed by atoms with van der Waals surface area (Å²) in [5, 5.41) is 6.63. The van der Waals surface area contributed by atoms with Crippen LogP contribution in [0.3, 0.4) is 0 Å². The zero-order valence-corrected chi connectivity index (χ0v) is 17.8. The van der Waals surface area contributed by atoms with Gasteiger partial charge >= 0.3 is 6.03 Å². The standard InChI is InChI=1S/C23H32ClN3O2/c24-20-9-11-21(12-10-20)26-23(29)27-16-4-7-19(17-27)8-13-22(28)25-15-14-18-5-2-1-3-6-18/h5,9-12,19H,1-4,6-8,13-17H2,(H,25,28)(H,26,29). The number of nitrogens with one attached hydrogen (secondary N) is 2.